The minimum absolute atomic E-state index is 0.0394. The number of hydrogen-bond acceptors (Lipinski definition) is 2. The average Bonchev–Trinajstić information content (AvgIpc) is 3.17. The summed E-state index contributed by atoms with van der Waals surface area (Å²) >= 11 is 0. The average molecular weight is 371 g/mol. The smallest absolute Gasteiger partial charge is 0.254 e. The number of nitrogens with one attached hydrogen (secondary N) is 2. The Morgan fingerprint density at radius 1 is 1.04 bits per heavy atom. The van der Waals surface area contributed by atoms with Crippen molar-refractivity contribution in [1.29, 1.82) is 0 Å². The molecule has 3 heterocycles. The maximum Gasteiger partial charge on any atom is 0.254 e. The van der Waals surface area contributed by atoms with Crippen LogP contribution in [0.5, 0.6) is 0 Å². The second-order valence-corrected chi connectivity index (χ2v) is 7.40. The van der Waals surface area contributed by atoms with Crippen molar-refractivity contribution in [3.05, 3.63) is 71.4 Å². The predicted octanol–water partition coefficient (Wildman–Crippen LogP) is 3.98. The number of aryl methyl sites for hydroxylation is 1. The zero-order valence-electron chi connectivity index (χ0n) is 15.5. The van der Waals surface area contributed by atoms with Crippen LogP contribution in [0.25, 0.3) is 16.5 Å². The molecule has 0 bridgehead atoms. The van der Waals surface area contributed by atoms with E-state index >= 15 is 0 Å². The Labute approximate surface area is 163 Å². The van der Waals surface area contributed by atoms with Crippen LogP contribution in [0, 0.1) is 0 Å². The number of nitrogens with zero attached hydrogens (tertiary/aromatic N) is 1. The normalized spacial score (nSPS) is 16.5. The van der Waals surface area contributed by atoms with Crippen LogP contribution in [0.1, 0.15) is 34.3 Å². The number of rotatable bonds is 2. The summed E-state index contributed by atoms with van der Waals surface area (Å²) in [6, 6.07) is 13.9. The molecule has 5 heteroatoms. The van der Waals surface area contributed by atoms with Crippen molar-refractivity contribution < 1.29 is 9.59 Å². The fourth-order valence-electron chi connectivity index (χ4n) is 4.13. The number of aromatic nitrogens is 1. The lowest BCUT2D eigenvalue weighted by molar-refractivity contribution is -0.116. The number of carbonyl (C=O) groups excluding carboxylic acids is 2. The van der Waals surface area contributed by atoms with E-state index in [-0.39, 0.29) is 11.8 Å². The number of H-pyrrole nitrogens is 1. The number of carbonyl (C=O) groups is 2. The van der Waals surface area contributed by atoms with E-state index in [0.717, 1.165) is 23.2 Å². The summed E-state index contributed by atoms with van der Waals surface area (Å²) < 4.78 is 0. The summed E-state index contributed by atoms with van der Waals surface area (Å²) in [5.41, 5.74) is 6.21. The third kappa shape index (κ3) is 2.89. The zero-order valence-corrected chi connectivity index (χ0v) is 15.5. The molecule has 0 aliphatic carbocycles. The third-order valence-corrected chi connectivity index (χ3v) is 5.68. The Balaban J connectivity index is 1.35. The van der Waals surface area contributed by atoms with Crippen molar-refractivity contribution in [3.63, 3.8) is 0 Å². The molecule has 2 aliphatic rings. The lowest BCUT2D eigenvalue weighted by Crippen LogP contribution is -2.34. The van der Waals surface area contributed by atoms with Crippen LogP contribution in [0.15, 0.2) is 54.7 Å². The topological polar surface area (TPSA) is 65.2 Å². The molecule has 0 fully saturated rings. The molecule has 2 aromatic carbocycles. The number of benzene rings is 2. The number of para-hydroxylation sites is 1. The molecule has 2 aliphatic heterocycles. The lowest BCUT2D eigenvalue weighted by atomic mass is 9.97. The van der Waals surface area contributed by atoms with Gasteiger partial charge in [-0.1, -0.05) is 24.3 Å². The van der Waals surface area contributed by atoms with Gasteiger partial charge >= 0.3 is 0 Å². The number of fused-ring (bicyclic) bond motifs is 2. The quantitative estimate of drug-likeness (QED) is 0.716. The molecule has 5 nitrogen and oxygen atoms in total. The molecular formula is C23H21N3O2. The summed E-state index contributed by atoms with van der Waals surface area (Å²) in [7, 11) is 0. The van der Waals surface area contributed by atoms with Crippen molar-refractivity contribution in [2.75, 3.05) is 18.4 Å². The molecule has 140 valence electrons. The van der Waals surface area contributed by atoms with Crippen LogP contribution in [-0.2, 0) is 11.2 Å². The SMILES string of the molecule is O=C1CCc2cc(C(=O)N3CC=C(c4c[nH]c5ccccc45)CC3)ccc2N1. The Hall–Kier alpha value is -3.34. The van der Waals surface area contributed by atoms with Gasteiger partial charge in [0.2, 0.25) is 5.91 Å². The van der Waals surface area contributed by atoms with E-state index in [1.807, 2.05) is 29.2 Å². The largest absolute Gasteiger partial charge is 0.361 e. The molecular weight excluding hydrogens is 350 g/mol. The van der Waals surface area contributed by atoms with Gasteiger partial charge in [0.1, 0.15) is 0 Å². The van der Waals surface area contributed by atoms with Crippen molar-refractivity contribution in [3.8, 4) is 0 Å². The molecule has 0 unspecified atom stereocenters. The maximum atomic E-state index is 13.0. The van der Waals surface area contributed by atoms with E-state index in [2.05, 4.69) is 40.8 Å². The van der Waals surface area contributed by atoms with Gasteiger partial charge in [0, 0.05) is 53.4 Å². The Kier molecular flexibility index (Phi) is 4.01. The summed E-state index contributed by atoms with van der Waals surface area (Å²) in [6.45, 7) is 1.32. The highest BCUT2D eigenvalue weighted by molar-refractivity contribution is 5.99. The van der Waals surface area contributed by atoms with Gasteiger partial charge in [-0.15, -0.1) is 0 Å². The van der Waals surface area contributed by atoms with Gasteiger partial charge in [-0.05, 0) is 48.2 Å². The molecule has 0 saturated heterocycles. The van der Waals surface area contributed by atoms with Gasteiger partial charge in [-0.25, -0.2) is 0 Å². The summed E-state index contributed by atoms with van der Waals surface area (Å²) in [4.78, 5) is 29.7. The number of aromatic amines is 1. The molecule has 5 rings (SSSR count). The molecule has 2 N–H and O–H groups in total. The first kappa shape index (κ1) is 16.8. The van der Waals surface area contributed by atoms with Crippen molar-refractivity contribution in [1.82, 2.24) is 9.88 Å². The standard InChI is InChI=1S/C23H21N3O2/c27-22-8-6-16-13-17(5-7-20(16)25-22)23(28)26-11-9-15(10-12-26)19-14-24-21-4-2-1-3-18(19)21/h1-5,7,9,13-14,24H,6,8,10-12H2,(H,25,27). The Morgan fingerprint density at radius 3 is 2.79 bits per heavy atom. The first-order valence-electron chi connectivity index (χ1n) is 9.66. The zero-order chi connectivity index (χ0) is 19.1. The van der Waals surface area contributed by atoms with E-state index < -0.39 is 0 Å². The van der Waals surface area contributed by atoms with E-state index in [9.17, 15) is 9.59 Å². The molecule has 0 spiro atoms. The van der Waals surface area contributed by atoms with Gasteiger partial charge in [-0.3, -0.25) is 9.59 Å². The Morgan fingerprint density at radius 2 is 1.93 bits per heavy atom. The fourth-order valence-corrected chi connectivity index (χ4v) is 4.13. The summed E-state index contributed by atoms with van der Waals surface area (Å²) in [5, 5.41) is 4.09. The number of anilines is 1. The molecule has 0 atom stereocenters. The lowest BCUT2D eigenvalue weighted by Gasteiger charge is -2.27. The van der Waals surface area contributed by atoms with E-state index in [0.29, 0.717) is 31.5 Å². The summed E-state index contributed by atoms with van der Waals surface area (Å²) in [6.07, 6.45) is 6.23. The number of amides is 2. The third-order valence-electron chi connectivity index (χ3n) is 5.68. The van der Waals surface area contributed by atoms with Crippen LogP contribution in [0.4, 0.5) is 5.69 Å². The van der Waals surface area contributed by atoms with Crippen molar-refractivity contribution >= 4 is 34.0 Å². The second kappa shape index (κ2) is 6.68. The van der Waals surface area contributed by atoms with Crippen molar-refractivity contribution in [2.24, 2.45) is 0 Å². The highest BCUT2D eigenvalue weighted by Gasteiger charge is 2.22. The first-order valence-corrected chi connectivity index (χ1v) is 9.66. The van der Waals surface area contributed by atoms with Crippen molar-refractivity contribution in [2.45, 2.75) is 19.3 Å². The molecule has 2 amide bonds. The maximum absolute atomic E-state index is 13.0. The predicted molar refractivity (Wildman–Crippen MR) is 110 cm³/mol. The highest BCUT2D eigenvalue weighted by Crippen LogP contribution is 2.30. The summed E-state index contributed by atoms with van der Waals surface area (Å²) in [5.74, 6) is 0.0893. The molecule has 28 heavy (non-hydrogen) atoms. The minimum Gasteiger partial charge on any atom is -0.361 e. The molecule has 0 saturated carbocycles. The fraction of sp³-hybridized carbons (Fsp3) is 0.217. The van der Waals surface area contributed by atoms with Gasteiger partial charge < -0.3 is 15.2 Å². The van der Waals surface area contributed by atoms with Crippen LogP contribution >= 0.6 is 0 Å². The second-order valence-electron chi connectivity index (χ2n) is 7.40. The molecule has 0 radical (unpaired) electrons. The van der Waals surface area contributed by atoms with Gasteiger partial charge in [-0.2, -0.15) is 0 Å². The molecule has 3 aromatic rings. The van der Waals surface area contributed by atoms with E-state index in [1.54, 1.807) is 0 Å². The van der Waals surface area contributed by atoms with Gasteiger partial charge in [0.15, 0.2) is 0 Å². The van der Waals surface area contributed by atoms with Crippen LogP contribution in [0.3, 0.4) is 0 Å². The monoisotopic (exact) mass is 371 g/mol. The minimum atomic E-state index is 0.0394. The van der Waals surface area contributed by atoms with Crippen LogP contribution in [-0.4, -0.2) is 34.8 Å². The first-order chi connectivity index (χ1) is 13.7. The van der Waals surface area contributed by atoms with Gasteiger partial charge in [0.05, 0.1) is 0 Å². The highest BCUT2D eigenvalue weighted by atomic mass is 16.2. The van der Waals surface area contributed by atoms with Crippen LogP contribution in [0.2, 0.25) is 0 Å². The van der Waals surface area contributed by atoms with Gasteiger partial charge in [0.25, 0.3) is 5.91 Å². The van der Waals surface area contributed by atoms with E-state index in [4.69, 9.17) is 0 Å². The van der Waals surface area contributed by atoms with E-state index in [1.165, 1.54) is 16.5 Å². The molecule has 1 aromatic heterocycles. The van der Waals surface area contributed by atoms with Crippen LogP contribution < -0.4 is 5.32 Å². The number of hydrogen-bond donors (Lipinski definition) is 2. The Bertz CT molecular complexity index is 1130.